The number of carbonyl (C=O) groups excluding carboxylic acids is 1. The Labute approximate surface area is 217 Å². The van der Waals surface area contributed by atoms with Crippen molar-refractivity contribution in [3.63, 3.8) is 0 Å². The number of benzene rings is 2. The van der Waals surface area contributed by atoms with Gasteiger partial charge >= 0.3 is 0 Å². The summed E-state index contributed by atoms with van der Waals surface area (Å²) < 4.78 is 33.0. The molecule has 0 fully saturated rings. The maximum absolute atomic E-state index is 15.0. The van der Waals surface area contributed by atoms with Crippen molar-refractivity contribution < 1.29 is 23.4 Å². The Kier molecular flexibility index (Phi) is 6.61. The average Bonchev–Trinajstić information content (AvgIpc) is 3.40. The summed E-state index contributed by atoms with van der Waals surface area (Å²) in [5.74, 6) is 0.349. The van der Waals surface area contributed by atoms with E-state index in [0.29, 0.717) is 28.7 Å². The van der Waals surface area contributed by atoms with Gasteiger partial charge in [0, 0.05) is 34.6 Å². The van der Waals surface area contributed by atoms with Gasteiger partial charge in [-0.1, -0.05) is 6.07 Å². The number of amides is 1. The minimum absolute atomic E-state index is 0.0120. The van der Waals surface area contributed by atoms with Gasteiger partial charge < -0.3 is 19.5 Å². The first-order valence-corrected chi connectivity index (χ1v) is 11.7. The van der Waals surface area contributed by atoms with Crippen LogP contribution in [0.4, 0.5) is 10.1 Å². The number of methoxy groups -OCH3 is 2. The molecule has 0 aliphatic carbocycles. The van der Waals surface area contributed by atoms with E-state index in [2.05, 4.69) is 20.4 Å². The quantitative estimate of drug-likeness (QED) is 0.302. The predicted octanol–water partition coefficient (Wildman–Crippen LogP) is 5.61. The van der Waals surface area contributed by atoms with Gasteiger partial charge in [0.15, 0.2) is 28.7 Å². The van der Waals surface area contributed by atoms with Gasteiger partial charge in [-0.05, 0) is 56.3 Å². The van der Waals surface area contributed by atoms with Crippen molar-refractivity contribution in [1.29, 1.82) is 0 Å². The van der Waals surface area contributed by atoms with Gasteiger partial charge in [-0.15, -0.1) is 0 Å². The van der Waals surface area contributed by atoms with Crippen molar-refractivity contribution in [3.8, 4) is 34.4 Å². The number of ether oxygens (including phenoxy) is 3. The highest BCUT2D eigenvalue weighted by atomic mass is 19.1. The minimum atomic E-state index is -0.649. The Morgan fingerprint density at radius 2 is 1.71 bits per heavy atom. The number of fused-ring (bicyclic) bond motifs is 1. The number of halogens is 1. The van der Waals surface area contributed by atoms with Gasteiger partial charge in [0.25, 0.3) is 5.91 Å². The molecule has 3 heterocycles. The van der Waals surface area contributed by atoms with E-state index in [9.17, 15) is 4.79 Å². The molecule has 10 heteroatoms. The molecule has 3 aromatic heterocycles. The Hall–Kier alpha value is -4.99. The van der Waals surface area contributed by atoms with E-state index in [-0.39, 0.29) is 17.1 Å². The zero-order valence-corrected chi connectivity index (χ0v) is 21.2. The molecule has 0 saturated carbocycles. The number of carbonyl (C=O) groups is 1. The fourth-order valence-electron chi connectivity index (χ4n) is 3.90. The van der Waals surface area contributed by atoms with Crippen molar-refractivity contribution >= 4 is 17.2 Å². The molecular weight excluding hydrogens is 489 g/mol. The zero-order chi connectivity index (χ0) is 26.8. The van der Waals surface area contributed by atoms with Gasteiger partial charge in [-0.3, -0.25) is 4.79 Å². The SMILES string of the molecule is COc1ccc(-c2cccc(C(=O)Nc3ccc(Oc4c(C)c(C)nc5ccnn45)c(F)c3)n2)cc1OC. The molecule has 0 unspecified atom stereocenters. The van der Waals surface area contributed by atoms with E-state index in [1.807, 2.05) is 19.9 Å². The normalized spacial score (nSPS) is 10.9. The van der Waals surface area contributed by atoms with E-state index >= 15 is 4.39 Å². The molecule has 5 aromatic rings. The third-order valence-electron chi connectivity index (χ3n) is 6.02. The summed E-state index contributed by atoms with van der Waals surface area (Å²) in [4.78, 5) is 21.8. The van der Waals surface area contributed by atoms with Crippen molar-refractivity contribution in [1.82, 2.24) is 19.6 Å². The van der Waals surface area contributed by atoms with Crippen LogP contribution in [0.5, 0.6) is 23.1 Å². The maximum atomic E-state index is 15.0. The summed E-state index contributed by atoms with van der Waals surface area (Å²) in [6.07, 6.45) is 1.59. The lowest BCUT2D eigenvalue weighted by Crippen LogP contribution is -2.14. The van der Waals surface area contributed by atoms with Crippen LogP contribution in [-0.2, 0) is 0 Å². The lowest BCUT2D eigenvalue weighted by Gasteiger charge is -2.13. The molecule has 0 aliphatic rings. The smallest absolute Gasteiger partial charge is 0.274 e. The fourth-order valence-corrected chi connectivity index (χ4v) is 3.90. The van der Waals surface area contributed by atoms with Crippen LogP contribution in [0.25, 0.3) is 16.9 Å². The van der Waals surface area contributed by atoms with Crippen LogP contribution in [0, 0.1) is 19.7 Å². The van der Waals surface area contributed by atoms with Gasteiger partial charge in [0.1, 0.15) is 5.69 Å². The highest BCUT2D eigenvalue weighted by Crippen LogP contribution is 2.32. The van der Waals surface area contributed by atoms with Crippen LogP contribution in [0.15, 0.2) is 66.9 Å². The number of pyridine rings is 1. The Balaban J connectivity index is 1.35. The molecule has 0 atom stereocenters. The summed E-state index contributed by atoms with van der Waals surface area (Å²) in [5.41, 5.74) is 3.82. The van der Waals surface area contributed by atoms with Crippen molar-refractivity contribution in [2.24, 2.45) is 0 Å². The van der Waals surface area contributed by atoms with Crippen molar-refractivity contribution in [2.45, 2.75) is 13.8 Å². The van der Waals surface area contributed by atoms with E-state index in [0.717, 1.165) is 16.8 Å². The van der Waals surface area contributed by atoms with E-state index in [4.69, 9.17) is 14.2 Å². The molecule has 0 aliphatic heterocycles. The predicted molar refractivity (Wildman–Crippen MR) is 140 cm³/mol. The highest BCUT2D eigenvalue weighted by molar-refractivity contribution is 6.03. The third-order valence-corrected chi connectivity index (χ3v) is 6.02. The Bertz CT molecular complexity index is 1670. The van der Waals surface area contributed by atoms with Crippen LogP contribution in [-0.4, -0.2) is 39.7 Å². The molecule has 2 aromatic carbocycles. The summed E-state index contributed by atoms with van der Waals surface area (Å²) in [6.45, 7) is 3.67. The number of nitrogens with one attached hydrogen (secondary N) is 1. The standard InChI is InChI=1S/C28H24FN5O4/c1-16-17(2)31-26-12-13-30-34(26)28(16)38-23-11-9-19(15-20(23)29)32-27(35)22-7-5-6-21(33-22)18-8-10-24(36-3)25(14-18)37-4/h5-15H,1-4H3,(H,32,35). The van der Waals surface area contributed by atoms with Crippen LogP contribution in [0.1, 0.15) is 21.7 Å². The van der Waals surface area contributed by atoms with Crippen molar-refractivity contribution in [3.05, 3.63) is 89.6 Å². The van der Waals surface area contributed by atoms with Crippen LogP contribution in [0.3, 0.4) is 0 Å². The van der Waals surface area contributed by atoms with E-state index < -0.39 is 11.7 Å². The minimum Gasteiger partial charge on any atom is -0.493 e. The number of aromatic nitrogens is 4. The largest absolute Gasteiger partial charge is 0.493 e. The van der Waals surface area contributed by atoms with Crippen molar-refractivity contribution in [2.75, 3.05) is 19.5 Å². The van der Waals surface area contributed by atoms with Gasteiger partial charge in [-0.25, -0.2) is 14.4 Å². The molecule has 0 spiro atoms. The molecule has 0 saturated heterocycles. The first kappa shape index (κ1) is 24.7. The summed E-state index contributed by atoms with van der Waals surface area (Å²) in [7, 11) is 3.10. The number of rotatable bonds is 7. The van der Waals surface area contributed by atoms with Gasteiger partial charge in [-0.2, -0.15) is 9.61 Å². The summed E-state index contributed by atoms with van der Waals surface area (Å²) >= 11 is 0. The van der Waals surface area contributed by atoms with E-state index in [1.165, 1.54) is 16.6 Å². The second-order valence-corrected chi connectivity index (χ2v) is 8.41. The average molecular weight is 514 g/mol. The monoisotopic (exact) mass is 513 g/mol. The molecular formula is C28H24FN5O4. The molecule has 192 valence electrons. The zero-order valence-electron chi connectivity index (χ0n) is 21.2. The number of hydrogen-bond acceptors (Lipinski definition) is 7. The van der Waals surface area contributed by atoms with Gasteiger partial charge in [0.2, 0.25) is 5.88 Å². The molecule has 1 amide bonds. The molecule has 5 rings (SSSR count). The Morgan fingerprint density at radius 3 is 2.47 bits per heavy atom. The van der Waals surface area contributed by atoms with E-state index in [1.54, 1.807) is 62.9 Å². The van der Waals surface area contributed by atoms with Gasteiger partial charge in [0.05, 0.1) is 26.1 Å². The lowest BCUT2D eigenvalue weighted by atomic mass is 10.1. The topological polar surface area (TPSA) is 99.9 Å². The maximum Gasteiger partial charge on any atom is 0.274 e. The second kappa shape index (κ2) is 10.2. The summed E-state index contributed by atoms with van der Waals surface area (Å²) in [6, 6.07) is 16.4. The highest BCUT2D eigenvalue weighted by Gasteiger charge is 2.16. The fraction of sp³-hybridized carbons (Fsp3) is 0.143. The number of aryl methyl sites for hydroxylation is 1. The second-order valence-electron chi connectivity index (χ2n) is 8.41. The number of anilines is 1. The van der Waals surface area contributed by atoms with Crippen LogP contribution >= 0.6 is 0 Å². The first-order valence-electron chi connectivity index (χ1n) is 11.7. The lowest BCUT2D eigenvalue weighted by molar-refractivity contribution is 0.102. The first-order chi connectivity index (χ1) is 18.4. The number of hydrogen-bond donors (Lipinski definition) is 1. The molecule has 0 bridgehead atoms. The molecule has 0 radical (unpaired) electrons. The Morgan fingerprint density at radius 1 is 0.921 bits per heavy atom. The molecule has 9 nitrogen and oxygen atoms in total. The van der Waals surface area contributed by atoms with Crippen LogP contribution in [0.2, 0.25) is 0 Å². The summed E-state index contributed by atoms with van der Waals surface area (Å²) in [5, 5.41) is 6.90. The number of nitrogens with zero attached hydrogens (tertiary/aromatic N) is 4. The third kappa shape index (κ3) is 4.71. The van der Waals surface area contributed by atoms with Crippen LogP contribution < -0.4 is 19.5 Å². The molecule has 38 heavy (non-hydrogen) atoms. The molecule has 1 N–H and O–H groups in total.